The van der Waals surface area contributed by atoms with Gasteiger partial charge in [0.05, 0.1) is 11.4 Å². The SMILES string of the molecule is CCCOC(CBr)OC1CC(C)C(C)=C1C. The second-order valence-electron chi connectivity index (χ2n) is 4.58. The molecule has 1 aliphatic carbocycles. The van der Waals surface area contributed by atoms with Crippen LogP contribution in [0.3, 0.4) is 0 Å². The summed E-state index contributed by atoms with van der Waals surface area (Å²) < 4.78 is 11.6. The van der Waals surface area contributed by atoms with Crippen molar-refractivity contribution in [3.8, 4) is 0 Å². The van der Waals surface area contributed by atoms with Gasteiger partial charge in [0.15, 0.2) is 6.29 Å². The molecule has 0 aromatic heterocycles. The van der Waals surface area contributed by atoms with Gasteiger partial charge in [-0.15, -0.1) is 0 Å². The third kappa shape index (κ3) is 3.57. The normalized spacial score (nSPS) is 27.6. The lowest BCUT2D eigenvalue weighted by molar-refractivity contribution is -0.147. The monoisotopic (exact) mass is 290 g/mol. The zero-order valence-electron chi connectivity index (χ0n) is 10.8. The van der Waals surface area contributed by atoms with Gasteiger partial charge in [0.1, 0.15) is 0 Å². The molecular weight excluding hydrogens is 268 g/mol. The maximum atomic E-state index is 5.99. The Morgan fingerprint density at radius 3 is 2.50 bits per heavy atom. The zero-order valence-corrected chi connectivity index (χ0v) is 12.3. The van der Waals surface area contributed by atoms with E-state index in [1.54, 1.807) is 0 Å². The molecule has 1 rings (SSSR count). The molecule has 3 heteroatoms. The van der Waals surface area contributed by atoms with E-state index in [4.69, 9.17) is 9.47 Å². The molecule has 94 valence electrons. The molecule has 0 aliphatic heterocycles. The third-order valence-corrected chi connectivity index (χ3v) is 3.89. The average molecular weight is 291 g/mol. The predicted octanol–water partition coefficient (Wildman–Crippen LogP) is 3.90. The highest BCUT2D eigenvalue weighted by Crippen LogP contribution is 2.34. The molecule has 0 heterocycles. The van der Waals surface area contributed by atoms with Crippen LogP contribution in [0.2, 0.25) is 0 Å². The molecule has 3 unspecified atom stereocenters. The van der Waals surface area contributed by atoms with E-state index in [0.717, 1.165) is 24.8 Å². The molecule has 2 nitrogen and oxygen atoms in total. The van der Waals surface area contributed by atoms with Gasteiger partial charge in [-0.05, 0) is 38.2 Å². The quantitative estimate of drug-likeness (QED) is 0.420. The van der Waals surface area contributed by atoms with Crippen molar-refractivity contribution in [1.82, 2.24) is 0 Å². The fourth-order valence-corrected chi connectivity index (χ4v) is 2.37. The van der Waals surface area contributed by atoms with Gasteiger partial charge in [-0.2, -0.15) is 0 Å². The van der Waals surface area contributed by atoms with Gasteiger partial charge >= 0.3 is 0 Å². The van der Waals surface area contributed by atoms with Gasteiger partial charge in [0, 0.05) is 6.61 Å². The summed E-state index contributed by atoms with van der Waals surface area (Å²) in [5.41, 5.74) is 2.87. The number of halogens is 1. The van der Waals surface area contributed by atoms with Crippen LogP contribution in [0.5, 0.6) is 0 Å². The zero-order chi connectivity index (χ0) is 12.1. The first-order chi connectivity index (χ1) is 7.60. The summed E-state index contributed by atoms with van der Waals surface area (Å²) in [6.45, 7) is 9.52. The van der Waals surface area contributed by atoms with Crippen LogP contribution in [0, 0.1) is 5.92 Å². The average Bonchev–Trinajstić information content (AvgIpc) is 2.52. The molecule has 0 bridgehead atoms. The standard InChI is InChI=1S/C13H23BrO2/c1-5-6-15-13(8-14)16-12-7-9(2)10(3)11(12)4/h9,12-13H,5-8H2,1-4H3. The minimum atomic E-state index is -0.113. The van der Waals surface area contributed by atoms with E-state index in [2.05, 4.69) is 43.6 Å². The Hall–Kier alpha value is 0.140. The maximum Gasteiger partial charge on any atom is 0.167 e. The molecule has 0 N–H and O–H groups in total. The van der Waals surface area contributed by atoms with Crippen LogP contribution in [0.15, 0.2) is 11.1 Å². The van der Waals surface area contributed by atoms with Crippen molar-refractivity contribution in [2.45, 2.75) is 52.9 Å². The highest BCUT2D eigenvalue weighted by atomic mass is 79.9. The number of hydrogen-bond acceptors (Lipinski definition) is 2. The van der Waals surface area contributed by atoms with E-state index in [9.17, 15) is 0 Å². The largest absolute Gasteiger partial charge is 0.352 e. The lowest BCUT2D eigenvalue weighted by Gasteiger charge is -2.22. The van der Waals surface area contributed by atoms with Gasteiger partial charge in [0.2, 0.25) is 0 Å². The highest BCUT2D eigenvalue weighted by Gasteiger charge is 2.28. The molecule has 1 aliphatic rings. The predicted molar refractivity (Wildman–Crippen MR) is 70.9 cm³/mol. The van der Waals surface area contributed by atoms with E-state index < -0.39 is 0 Å². The summed E-state index contributed by atoms with van der Waals surface area (Å²) in [4.78, 5) is 0. The summed E-state index contributed by atoms with van der Waals surface area (Å²) >= 11 is 3.44. The molecule has 0 aromatic rings. The van der Waals surface area contributed by atoms with Gasteiger partial charge in [-0.1, -0.05) is 35.4 Å². The van der Waals surface area contributed by atoms with Crippen molar-refractivity contribution in [1.29, 1.82) is 0 Å². The lowest BCUT2D eigenvalue weighted by atomic mass is 10.1. The molecule has 16 heavy (non-hydrogen) atoms. The molecule has 0 fully saturated rings. The number of rotatable bonds is 6. The fourth-order valence-electron chi connectivity index (χ4n) is 2.03. The van der Waals surface area contributed by atoms with E-state index in [0.29, 0.717) is 5.92 Å². The summed E-state index contributed by atoms with van der Waals surface area (Å²) in [7, 11) is 0. The van der Waals surface area contributed by atoms with Crippen molar-refractivity contribution in [2.75, 3.05) is 11.9 Å². The minimum absolute atomic E-state index is 0.113. The first-order valence-electron chi connectivity index (χ1n) is 6.10. The molecule has 0 radical (unpaired) electrons. The van der Waals surface area contributed by atoms with Crippen LogP contribution >= 0.6 is 15.9 Å². The van der Waals surface area contributed by atoms with Crippen LogP contribution < -0.4 is 0 Å². The Bertz CT molecular complexity index is 250. The molecule has 0 aromatic carbocycles. The number of alkyl halides is 1. The van der Waals surface area contributed by atoms with Gasteiger partial charge < -0.3 is 9.47 Å². The number of allylic oxidation sites excluding steroid dienone is 1. The Kier molecular flexibility index (Phi) is 6.01. The van der Waals surface area contributed by atoms with Gasteiger partial charge in [-0.25, -0.2) is 0 Å². The molecule has 3 atom stereocenters. The Morgan fingerprint density at radius 2 is 2.06 bits per heavy atom. The second kappa shape index (κ2) is 6.77. The molecule has 0 saturated carbocycles. The Morgan fingerprint density at radius 1 is 1.38 bits per heavy atom. The maximum absolute atomic E-state index is 5.99. The van der Waals surface area contributed by atoms with Crippen LogP contribution in [0.4, 0.5) is 0 Å². The third-order valence-electron chi connectivity index (χ3n) is 3.36. The molecule has 0 saturated heterocycles. The Balaban J connectivity index is 2.47. The summed E-state index contributed by atoms with van der Waals surface area (Å²) in [5.74, 6) is 0.646. The minimum Gasteiger partial charge on any atom is -0.352 e. The summed E-state index contributed by atoms with van der Waals surface area (Å²) in [6.07, 6.45) is 2.26. The van der Waals surface area contributed by atoms with Gasteiger partial charge in [-0.3, -0.25) is 0 Å². The first kappa shape index (κ1) is 14.2. The van der Waals surface area contributed by atoms with Crippen molar-refractivity contribution in [2.24, 2.45) is 5.92 Å². The Labute approximate surface area is 108 Å². The second-order valence-corrected chi connectivity index (χ2v) is 5.23. The van der Waals surface area contributed by atoms with Crippen molar-refractivity contribution in [3.63, 3.8) is 0 Å². The number of hydrogen-bond donors (Lipinski definition) is 0. The van der Waals surface area contributed by atoms with E-state index in [1.807, 2.05) is 0 Å². The highest BCUT2D eigenvalue weighted by molar-refractivity contribution is 9.09. The van der Waals surface area contributed by atoms with Crippen LogP contribution in [0.25, 0.3) is 0 Å². The summed E-state index contributed by atoms with van der Waals surface area (Å²) in [6, 6.07) is 0. The van der Waals surface area contributed by atoms with Crippen molar-refractivity contribution in [3.05, 3.63) is 11.1 Å². The van der Waals surface area contributed by atoms with Crippen LogP contribution in [-0.4, -0.2) is 24.3 Å². The molecule has 0 spiro atoms. The topological polar surface area (TPSA) is 18.5 Å². The summed E-state index contributed by atoms with van der Waals surface area (Å²) in [5, 5.41) is 0.740. The molecular formula is C13H23BrO2. The van der Waals surface area contributed by atoms with Crippen molar-refractivity contribution < 1.29 is 9.47 Å². The van der Waals surface area contributed by atoms with Crippen LogP contribution in [0.1, 0.15) is 40.5 Å². The van der Waals surface area contributed by atoms with Crippen molar-refractivity contribution >= 4 is 15.9 Å². The molecule has 0 amide bonds. The smallest absolute Gasteiger partial charge is 0.167 e. The van der Waals surface area contributed by atoms with E-state index >= 15 is 0 Å². The van der Waals surface area contributed by atoms with E-state index in [1.165, 1.54) is 11.1 Å². The number of ether oxygens (including phenoxy) is 2. The van der Waals surface area contributed by atoms with Crippen LogP contribution in [-0.2, 0) is 9.47 Å². The van der Waals surface area contributed by atoms with E-state index in [-0.39, 0.29) is 12.4 Å². The lowest BCUT2D eigenvalue weighted by Crippen LogP contribution is -2.26. The fraction of sp³-hybridized carbons (Fsp3) is 0.846. The first-order valence-corrected chi connectivity index (χ1v) is 7.22. The van der Waals surface area contributed by atoms with Gasteiger partial charge in [0.25, 0.3) is 0 Å².